The monoisotopic (exact) mass is 325 g/mol. The van der Waals surface area contributed by atoms with Crippen LogP contribution in [0.15, 0.2) is 41.4 Å². The number of anilines is 2. The van der Waals surface area contributed by atoms with Crippen molar-refractivity contribution in [2.24, 2.45) is 5.92 Å². The number of carbonyl (C=O) groups excluding carboxylic acids is 1. The van der Waals surface area contributed by atoms with Gasteiger partial charge in [-0.1, -0.05) is 5.16 Å². The summed E-state index contributed by atoms with van der Waals surface area (Å²) in [7, 11) is 0. The van der Waals surface area contributed by atoms with E-state index < -0.39 is 0 Å². The first-order valence-electron chi connectivity index (χ1n) is 7.50. The molecule has 1 fully saturated rings. The topological polar surface area (TPSA) is 102 Å². The van der Waals surface area contributed by atoms with Crippen LogP contribution in [-0.2, 0) is 4.79 Å². The summed E-state index contributed by atoms with van der Waals surface area (Å²) in [6.45, 7) is 2.97. The highest BCUT2D eigenvalue weighted by Gasteiger charge is 2.34. The summed E-state index contributed by atoms with van der Waals surface area (Å²) in [5, 5.41) is 10.7. The molecule has 0 atom stereocenters. The van der Waals surface area contributed by atoms with Gasteiger partial charge in [-0.25, -0.2) is 14.6 Å². The Morgan fingerprint density at radius 2 is 2.12 bits per heavy atom. The summed E-state index contributed by atoms with van der Waals surface area (Å²) in [5.74, 6) is 2.39. The molecule has 0 saturated carbocycles. The van der Waals surface area contributed by atoms with Crippen molar-refractivity contribution >= 4 is 17.5 Å². The van der Waals surface area contributed by atoms with Crippen LogP contribution in [0.2, 0.25) is 0 Å². The van der Waals surface area contributed by atoms with E-state index in [1.807, 2.05) is 23.2 Å². The number of nitrogens with one attached hydrogen (secondary N) is 1. The van der Waals surface area contributed by atoms with Gasteiger partial charge in [0.25, 0.3) is 0 Å². The molecule has 3 aromatic heterocycles. The largest absolute Gasteiger partial charge is 0.360 e. The zero-order valence-electron chi connectivity index (χ0n) is 13.0. The van der Waals surface area contributed by atoms with E-state index in [2.05, 4.69) is 25.5 Å². The molecule has 0 aliphatic carbocycles. The van der Waals surface area contributed by atoms with E-state index in [4.69, 9.17) is 4.52 Å². The van der Waals surface area contributed by atoms with Gasteiger partial charge in [0.05, 0.1) is 5.92 Å². The maximum Gasteiger partial charge on any atom is 0.232 e. The van der Waals surface area contributed by atoms with Gasteiger partial charge in [0.2, 0.25) is 5.91 Å². The normalized spacial score (nSPS) is 14.5. The maximum atomic E-state index is 12.2. The second-order valence-electron chi connectivity index (χ2n) is 5.60. The standard InChI is InChI=1S/C15H15N7O2/c1-10-5-12(20-24-10)19-15(23)11-7-21(8-11)13-6-14(17-9-16-13)22-4-2-3-18-22/h2-6,9,11H,7-8H2,1H3,(H,19,20,23). The van der Waals surface area contributed by atoms with Crippen molar-refractivity contribution in [1.82, 2.24) is 24.9 Å². The average Bonchev–Trinajstić information content (AvgIpc) is 3.18. The molecule has 0 bridgehead atoms. The fraction of sp³-hybridized carbons (Fsp3) is 0.267. The summed E-state index contributed by atoms with van der Waals surface area (Å²) < 4.78 is 6.60. The molecular formula is C15H15N7O2. The second kappa shape index (κ2) is 5.76. The Morgan fingerprint density at radius 3 is 2.83 bits per heavy atom. The Kier molecular flexibility index (Phi) is 3.45. The van der Waals surface area contributed by atoms with Gasteiger partial charge in [-0.05, 0) is 13.0 Å². The van der Waals surface area contributed by atoms with E-state index in [1.54, 1.807) is 23.9 Å². The van der Waals surface area contributed by atoms with Gasteiger partial charge in [-0.15, -0.1) is 0 Å². The molecular weight excluding hydrogens is 310 g/mol. The predicted molar refractivity (Wildman–Crippen MR) is 84.7 cm³/mol. The Balaban J connectivity index is 1.39. The molecule has 3 aromatic rings. The van der Waals surface area contributed by atoms with Crippen molar-refractivity contribution in [3.8, 4) is 5.82 Å². The molecule has 0 radical (unpaired) electrons. The van der Waals surface area contributed by atoms with E-state index in [1.165, 1.54) is 6.33 Å². The molecule has 9 heteroatoms. The van der Waals surface area contributed by atoms with Crippen molar-refractivity contribution in [2.45, 2.75) is 6.92 Å². The van der Waals surface area contributed by atoms with Crippen LogP contribution in [0.1, 0.15) is 5.76 Å². The van der Waals surface area contributed by atoms with Gasteiger partial charge in [0, 0.05) is 37.6 Å². The minimum absolute atomic E-state index is 0.0686. The van der Waals surface area contributed by atoms with Crippen molar-refractivity contribution in [2.75, 3.05) is 23.3 Å². The highest BCUT2D eigenvalue weighted by Crippen LogP contribution is 2.24. The van der Waals surface area contributed by atoms with Gasteiger partial charge < -0.3 is 14.7 Å². The lowest BCUT2D eigenvalue weighted by molar-refractivity contribution is -0.120. The molecule has 1 aliphatic heterocycles. The lowest BCUT2D eigenvalue weighted by atomic mass is 9.99. The molecule has 1 amide bonds. The number of carbonyl (C=O) groups is 1. The molecule has 4 rings (SSSR count). The number of rotatable bonds is 4. The van der Waals surface area contributed by atoms with E-state index in [0.29, 0.717) is 30.5 Å². The predicted octanol–water partition coefficient (Wildman–Crippen LogP) is 1.03. The van der Waals surface area contributed by atoms with Crippen molar-refractivity contribution in [1.29, 1.82) is 0 Å². The highest BCUT2D eigenvalue weighted by molar-refractivity contribution is 5.93. The van der Waals surface area contributed by atoms with Gasteiger partial charge in [0.15, 0.2) is 11.6 Å². The quantitative estimate of drug-likeness (QED) is 0.764. The van der Waals surface area contributed by atoms with Gasteiger partial charge in [-0.2, -0.15) is 5.10 Å². The number of hydrogen-bond donors (Lipinski definition) is 1. The molecule has 122 valence electrons. The number of amides is 1. The molecule has 1 saturated heterocycles. The first-order chi connectivity index (χ1) is 11.7. The van der Waals surface area contributed by atoms with E-state index in [0.717, 1.165) is 5.82 Å². The average molecular weight is 325 g/mol. The molecule has 0 unspecified atom stereocenters. The van der Waals surface area contributed by atoms with Gasteiger partial charge in [-0.3, -0.25) is 4.79 Å². The van der Waals surface area contributed by atoms with Crippen LogP contribution in [0.25, 0.3) is 5.82 Å². The Hall–Kier alpha value is -3.23. The Labute approximate surface area is 137 Å². The lowest BCUT2D eigenvalue weighted by Gasteiger charge is -2.38. The third-order valence-electron chi connectivity index (χ3n) is 3.83. The van der Waals surface area contributed by atoms with Crippen LogP contribution in [0.4, 0.5) is 11.6 Å². The summed E-state index contributed by atoms with van der Waals surface area (Å²) in [5.41, 5.74) is 0. The smallest absolute Gasteiger partial charge is 0.232 e. The third kappa shape index (κ3) is 2.71. The molecule has 4 heterocycles. The maximum absolute atomic E-state index is 12.2. The van der Waals surface area contributed by atoms with Crippen molar-refractivity contribution < 1.29 is 9.32 Å². The van der Waals surface area contributed by atoms with Crippen LogP contribution in [0.3, 0.4) is 0 Å². The van der Waals surface area contributed by atoms with Crippen LogP contribution in [0, 0.1) is 12.8 Å². The van der Waals surface area contributed by atoms with E-state index in [-0.39, 0.29) is 11.8 Å². The molecule has 0 spiro atoms. The van der Waals surface area contributed by atoms with Crippen LogP contribution < -0.4 is 10.2 Å². The summed E-state index contributed by atoms with van der Waals surface area (Å²) in [4.78, 5) is 22.7. The summed E-state index contributed by atoms with van der Waals surface area (Å²) in [6, 6.07) is 5.37. The lowest BCUT2D eigenvalue weighted by Crippen LogP contribution is -2.52. The number of nitrogens with zero attached hydrogens (tertiary/aromatic N) is 6. The summed E-state index contributed by atoms with van der Waals surface area (Å²) in [6.07, 6.45) is 5.01. The Morgan fingerprint density at radius 1 is 1.29 bits per heavy atom. The van der Waals surface area contributed by atoms with Gasteiger partial charge in [0.1, 0.15) is 17.9 Å². The number of hydrogen-bond acceptors (Lipinski definition) is 7. The zero-order valence-corrected chi connectivity index (χ0v) is 13.0. The highest BCUT2D eigenvalue weighted by atomic mass is 16.5. The van der Waals surface area contributed by atoms with Crippen LogP contribution in [0.5, 0.6) is 0 Å². The SMILES string of the molecule is Cc1cc(NC(=O)C2CN(c3cc(-n4cccn4)ncn3)C2)no1. The van der Waals surface area contributed by atoms with E-state index in [9.17, 15) is 4.79 Å². The second-order valence-corrected chi connectivity index (χ2v) is 5.60. The minimum atomic E-state index is -0.106. The molecule has 0 aromatic carbocycles. The summed E-state index contributed by atoms with van der Waals surface area (Å²) >= 11 is 0. The third-order valence-corrected chi connectivity index (χ3v) is 3.83. The first-order valence-corrected chi connectivity index (χ1v) is 7.50. The van der Waals surface area contributed by atoms with Gasteiger partial charge >= 0.3 is 0 Å². The fourth-order valence-electron chi connectivity index (χ4n) is 2.52. The Bertz CT molecular complexity index is 852. The fourth-order valence-corrected chi connectivity index (χ4v) is 2.52. The van der Waals surface area contributed by atoms with Crippen LogP contribution >= 0.6 is 0 Å². The molecule has 9 nitrogen and oxygen atoms in total. The minimum Gasteiger partial charge on any atom is -0.360 e. The number of aromatic nitrogens is 5. The molecule has 24 heavy (non-hydrogen) atoms. The van der Waals surface area contributed by atoms with Crippen LogP contribution in [-0.4, -0.2) is 43.9 Å². The number of aryl methyl sites for hydroxylation is 1. The first kappa shape index (κ1) is 14.4. The van der Waals surface area contributed by atoms with Crippen molar-refractivity contribution in [3.05, 3.63) is 42.7 Å². The molecule has 1 aliphatic rings. The van der Waals surface area contributed by atoms with Crippen molar-refractivity contribution in [3.63, 3.8) is 0 Å². The van der Waals surface area contributed by atoms with E-state index >= 15 is 0 Å². The zero-order chi connectivity index (χ0) is 16.5. The molecule has 1 N–H and O–H groups in total.